The lowest BCUT2D eigenvalue weighted by Gasteiger charge is -2.33. The van der Waals surface area contributed by atoms with E-state index < -0.39 is 10.0 Å². The summed E-state index contributed by atoms with van der Waals surface area (Å²) in [5.74, 6) is -0.520. The Morgan fingerprint density at radius 3 is 2.22 bits per heavy atom. The fourth-order valence-corrected chi connectivity index (χ4v) is 4.91. The number of hydrogen-bond donors (Lipinski definition) is 1. The number of nitrogens with zero attached hydrogens (tertiary/aromatic N) is 2. The van der Waals surface area contributed by atoms with Gasteiger partial charge in [-0.25, -0.2) is 8.42 Å². The average molecular weight is 391 g/mol. The van der Waals surface area contributed by atoms with E-state index in [0.717, 1.165) is 25.7 Å². The molecular weight excluding hydrogens is 366 g/mol. The highest BCUT2D eigenvalue weighted by molar-refractivity contribution is 7.89. The zero-order valence-corrected chi connectivity index (χ0v) is 16.0. The van der Waals surface area contributed by atoms with Gasteiger partial charge in [0.15, 0.2) is 0 Å². The molecule has 1 aromatic rings. The molecule has 1 N–H and O–H groups in total. The first-order chi connectivity index (χ1) is 13.0. The molecule has 7 nitrogen and oxygen atoms in total. The van der Waals surface area contributed by atoms with Gasteiger partial charge in [0.2, 0.25) is 21.8 Å². The van der Waals surface area contributed by atoms with Crippen molar-refractivity contribution in [2.75, 3.05) is 26.2 Å². The molecule has 146 valence electrons. The van der Waals surface area contributed by atoms with Crippen LogP contribution in [0.1, 0.15) is 25.7 Å². The molecule has 0 bridgehead atoms. The molecule has 0 radical (unpaired) electrons. The average Bonchev–Trinajstić information content (AvgIpc) is 3.20. The minimum atomic E-state index is -3.54. The summed E-state index contributed by atoms with van der Waals surface area (Å²) in [6.45, 7) is 1.09. The van der Waals surface area contributed by atoms with Gasteiger partial charge < -0.3 is 10.2 Å². The molecule has 0 atom stereocenters. The predicted octanol–water partition coefficient (Wildman–Crippen LogP) is 1.13. The lowest BCUT2D eigenvalue weighted by atomic mass is 10.2. The number of carbonyl (C=O) groups is 2. The topological polar surface area (TPSA) is 86.8 Å². The summed E-state index contributed by atoms with van der Waals surface area (Å²) in [6.07, 6.45) is 6.78. The Balaban J connectivity index is 1.50. The molecule has 1 aliphatic heterocycles. The molecule has 3 rings (SSSR count). The molecule has 1 saturated carbocycles. The minimum absolute atomic E-state index is 0.212. The zero-order chi connectivity index (χ0) is 19.3. The third-order valence-corrected chi connectivity index (χ3v) is 6.92. The van der Waals surface area contributed by atoms with E-state index in [1.54, 1.807) is 35.2 Å². The molecule has 0 aromatic heterocycles. The van der Waals surface area contributed by atoms with Crippen LogP contribution in [0.2, 0.25) is 0 Å². The van der Waals surface area contributed by atoms with Crippen LogP contribution in [-0.4, -0.2) is 61.7 Å². The fourth-order valence-electron chi connectivity index (χ4n) is 3.46. The van der Waals surface area contributed by atoms with Crippen LogP contribution in [0.4, 0.5) is 0 Å². The molecule has 27 heavy (non-hydrogen) atoms. The van der Waals surface area contributed by atoms with Gasteiger partial charge in [-0.05, 0) is 25.0 Å². The highest BCUT2D eigenvalue weighted by atomic mass is 32.2. The van der Waals surface area contributed by atoms with Crippen LogP contribution in [0.25, 0.3) is 0 Å². The van der Waals surface area contributed by atoms with E-state index >= 15 is 0 Å². The van der Waals surface area contributed by atoms with Gasteiger partial charge in [-0.15, -0.1) is 0 Å². The number of hydrogen-bond acceptors (Lipinski definition) is 4. The Kier molecular flexibility index (Phi) is 6.28. The molecule has 0 spiro atoms. The van der Waals surface area contributed by atoms with Crippen molar-refractivity contribution in [1.29, 1.82) is 0 Å². The summed E-state index contributed by atoms with van der Waals surface area (Å²) in [4.78, 5) is 26.0. The Bertz CT molecular complexity index is 794. The Labute approximate surface area is 160 Å². The maximum atomic E-state index is 12.6. The van der Waals surface area contributed by atoms with E-state index in [9.17, 15) is 18.0 Å². The van der Waals surface area contributed by atoms with Crippen LogP contribution in [-0.2, 0) is 19.6 Å². The normalized spacial score (nSPS) is 19.5. The third kappa shape index (κ3) is 4.95. The Hall–Kier alpha value is -2.19. The summed E-state index contributed by atoms with van der Waals surface area (Å²) in [5, 5.41) is 2.90. The summed E-state index contributed by atoms with van der Waals surface area (Å²) >= 11 is 0. The van der Waals surface area contributed by atoms with E-state index in [1.165, 1.54) is 16.5 Å². The molecule has 0 unspecified atom stereocenters. The highest BCUT2D eigenvalue weighted by Gasteiger charge is 2.29. The van der Waals surface area contributed by atoms with E-state index in [2.05, 4.69) is 5.32 Å². The zero-order valence-electron chi connectivity index (χ0n) is 15.2. The van der Waals surface area contributed by atoms with Gasteiger partial charge in [0.1, 0.15) is 0 Å². The summed E-state index contributed by atoms with van der Waals surface area (Å²) in [6, 6.07) is 8.49. The summed E-state index contributed by atoms with van der Waals surface area (Å²) in [5.41, 5.74) is 0. The summed E-state index contributed by atoms with van der Waals surface area (Å²) in [7, 11) is -3.54. The molecule has 1 aromatic carbocycles. The summed E-state index contributed by atoms with van der Waals surface area (Å²) < 4.78 is 26.6. The van der Waals surface area contributed by atoms with Crippen molar-refractivity contribution in [2.24, 2.45) is 0 Å². The van der Waals surface area contributed by atoms with Crippen LogP contribution in [0, 0.1) is 0 Å². The number of benzene rings is 1. The van der Waals surface area contributed by atoms with Crippen LogP contribution in [0.3, 0.4) is 0 Å². The van der Waals surface area contributed by atoms with E-state index in [1.807, 2.05) is 0 Å². The maximum absolute atomic E-state index is 12.6. The van der Waals surface area contributed by atoms with Gasteiger partial charge in [-0.2, -0.15) is 4.31 Å². The third-order valence-electron chi connectivity index (χ3n) is 5.01. The number of nitrogens with one attached hydrogen (secondary N) is 1. The van der Waals surface area contributed by atoms with Crippen molar-refractivity contribution in [2.45, 2.75) is 36.6 Å². The number of amides is 2. The smallest absolute Gasteiger partial charge is 0.246 e. The van der Waals surface area contributed by atoms with Gasteiger partial charge in [-0.1, -0.05) is 31.0 Å². The first-order valence-corrected chi connectivity index (χ1v) is 10.7. The highest BCUT2D eigenvalue weighted by Crippen LogP contribution is 2.18. The van der Waals surface area contributed by atoms with Gasteiger partial charge in [-0.3, -0.25) is 9.59 Å². The van der Waals surface area contributed by atoms with Gasteiger partial charge >= 0.3 is 0 Å². The molecule has 1 aliphatic carbocycles. The number of carbonyl (C=O) groups excluding carboxylic acids is 2. The lowest BCUT2D eigenvalue weighted by molar-refractivity contribution is -0.127. The van der Waals surface area contributed by atoms with Gasteiger partial charge in [0.05, 0.1) is 4.90 Å². The van der Waals surface area contributed by atoms with Crippen molar-refractivity contribution in [1.82, 2.24) is 14.5 Å². The minimum Gasteiger partial charge on any atom is -0.350 e. The fraction of sp³-hybridized carbons (Fsp3) is 0.474. The largest absolute Gasteiger partial charge is 0.350 e. The van der Waals surface area contributed by atoms with Crippen LogP contribution < -0.4 is 5.32 Å². The van der Waals surface area contributed by atoms with Crippen molar-refractivity contribution >= 4 is 21.8 Å². The van der Waals surface area contributed by atoms with Crippen LogP contribution >= 0.6 is 0 Å². The second-order valence-electron chi connectivity index (χ2n) is 6.87. The van der Waals surface area contributed by atoms with Gasteiger partial charge in [0.25, 0.3) is 0 Å². The van der Waals surface area contributed by atoms with Gasteiger partial charge in [0, 0.05) is 44.4 Å². The number of rotatable bonds is 5. The Morgan fingerprint density at radius 1 is 0.963 bits per heavy atom. The number of piperazine rings is 1. The SMILES string of the molecule is O=C(/C=C/C(=O)N1CCN(S(=O)(=O)c2ccccc2)CC1)NC1CCCC1. The lowest BCUT2D eigenvalue weighted by Crippen LogP contribution is -2.50. The molecule has 2 fully saturated rings. The second-order valence-corrected chi connectivity index (χ2v) is 8.80. The molecule has 1 heterocycles. The Morgan fingerprint density at radius 2 is 1.59 bits per heavy atom. The van der Waals surface area contributed by atoms with E-state index in [-0.39, 0.29) is 35.8 Å². The first kappa shape index (κ1) is 19.6. The molecule has 1 saturated heterocycles. The van der Waals surface area contributed by atoms with Crippen LogP contribution in [0.15, 0.2) is 47.4 Å². The van der Waals surface area contributed by atoms with Crippen LogP contribution in [0.5, 0.6) is 0 Å². The quantitative estimate of drug-likeness (QED) is 0.763. The van der Waals surface area contributed by atoms with E-state index in [4.69, 9.17) is 0 Å². The second kappa shape index (κ2) is 8.67. The standard InChI is InChI=1S/C19H25N3O4S/c23-18(20-16-6-4-5-7-16)10-11-19(24)21-12-14-22(15-13-21)27(25,26)17-8-2-1-3-9-17/h1-3,8-11,16H,4-7,12-15H2,(H,20,23)/b11-10+. The van der Waals surface area contributed by atoms with E-state index in [0.29, 0.717) is 13.1 Å². The number of sulfonamides is 1. The maximum Gasteiger partial charge on any atom is 0.246 e. The van der Waals surface area contributed by atoms with Crippen molar-refractivity contribution in [3.8, 4) is 0 Å². The van der Waals surface area contributed by atoms with Crippen molar-refractivity contribution < 1.29 is 18.0 Å². The molecule has 2 aliphatic rings. The predicted molar refractivity (Wildman–Crippen MR) is 101 cm³/mol. The molecule has 2 amide bonds. The monoisotopic (exact) mass is 391 g/mol. The van der Waals surface area contributed by atoms with Crippen molar-refractivity contribution in [3.63, 3.8) is 0 Å². The molecule has 8 heteroatoms. The van der Waals surface area contributed by atoms with Crippen molar-refractivity contribution in [3.05, 3.63) is 42.5 Å². The first-order valence-electron chi connectivity index (χ1n) is 9.29. The molecular formula is C19H25N3O4S.